The van der Waals surface area contributed by atoms with Crippen LogP contribution in [0.1, 0.15) is 5.56 Å². The van der Waals surface area contributed by atoms with E-state index >= 15 is 0 Å². The van der Waals surface area contributed by atoms with Gasteiger partial charge in [-0.15, -0.1) is 0 Å². The highest BCUT2D eigenvalue weighted by Gasteiger charge is 2.03. The number of hydrogen-bond donors (Lipinski definition) is 1. The summed E-state index contributed by atoms with van der Waals surface area (Å²) in [5.41, 5.74) is 1.99. The van der Waals surface area contributed by atoms with Crippen molar-refractivity contribution in [2.24, 2.45) is 0 Å². The minimum atomic E-state index is 0.762. The van der Waals surface area contributed by atoms with E-state index in [1.165, 1.54) is 0 Å². The van der Waals surface area contributed by atoms with Crippen LogP contribution in [-0.2, 0) is 0 Å². The zero-order valence-electron chi connectivity index (χ0n) is 8.13. The van der Waals surface area contributed by atoms with Crippen molar-refractivity contribution in [3.63, 3.8) is 0 Å². The Kier molecular flexibility index (Phi) is 2.30. The smallest absolute Gasteiger partial charge is 0.126 e. The maximum atomic E-state index is 6.02. The van der Waals surface area contributed by atoms with Crippen molar-refractivity contribution in [3.8, 4) is 0 Å². The summed E-state index contributed by atoms with van der Waals surface area (Å²) in [6, 6.07) is 7.88. The molecule has 0 fully saturated rings. The molecule has 0 unspecified atom stereocenters. The predicted molar refractivity (Wildman–Crippen MR) is 61.0 cm³/mol. The molecule has 1 aromatic heterocycles. The van der Waals surface area contributed by atoms with Crippen LogP contribution in [0.2, 0.25) is 5.02 Å². The van der Waals surface area contributed by atoms with Crippen molar-refractivity contribution >= 4 is 28.3 Å². The quantitative estimate of drug-likeness (QED) is 0.775. The molecule has 0 radical (unpaired) electrons. The van der Waals surface area contributed by atoms with Crippen molar-refractivity contribution in [2.45, 2.75) is 6.92 Å². The third kappa shape index (κ3) is 1.42. The lowest BCUT2D eigenvalue weighted by molar-refractivity contribution is 1.32. The number of aromatic nitrogens is 1. The minimum Gasteiger partial charge on any atom is -0.373 e. The number of nitrogens with one attached hydrogen (secondary N) is 1. The van der Waals surface area contributed by atoms with Crippen LogP contribution in [0.4, 0.5) is 5.82 Å². The lowest BCUT2D eigenvalue weighted by Gasteiger charge is -2.05. The molecule has 0 spiro atoms. The van der Waals surface area contributed by atoms with E-state index in [0.29, 0.717) is 0 Å². The molecule has 0 atom stereocenters. The monoisotopic (exact) mass is 206 g/mol. The summed E-state index contributed by atoms with van der Waals surface area (Å²) >= 11 is 6.02. The van der Waals surface area contributed by atoms with Gasteiger partial charge in [-0.3, -0.25) is 0 Å². The number of rotatable bonds is 1. The molecule has 0 aliphatic carbocycles. The summed E-state index contributed by atoms with van der Waals surface area (Å²) in [5, 5.41) is 4.89. The maximum absolute atomic E-state index is 6.02. The average molecular weight is 207 g/mol. The normalized spacial score (nSPS) is 10.5. The van der Waals surface area contributed by atoms with Gasteiger partial charge in [0.05, 0.1) is 5.52 Å². The van der Waals surface area contributed by atoms with Crippen LogP contribution in [0.25, 0.3) is 10.9 Å². The maximum Gasteiger partial charge on any atom is 0.126 e. The molecule has 0 aliphatic rings. The van der Waals surface area contributed by atoms with Crippen LogP contribution in [0, 0.1) is 6.92 Å². The van der Waals surface area contributed by atoms with Crippen LogP contribution in [-0.4, -0.2) is 12.0 Å². The van der Waals surface area contributed by atoms with Crippen molar-refractivity contribution < 1.29 is 0 Å². The van der Waals surface area contributed by atoms with Gasteiger partial charge in [-0.2, -0.15) is 0 Å². The first-order valence-corrected chi connectivity index (χ1v) is 4.84. The molecule has 72 valence electrons. The van der Waals surface area contributed by atoms with Gasteiger partial charge in [0.1, 0.15) is 5.82 Å². The van der Waals surface area contributed by atoms with E-state index in [-0.39, 0.29) is 0 Å². The van der Waals surface area contributed by atoms with E-state index in [1.807, 2.05) is 38.2 Å². The Balaban J connectivity index is 2.78. The molecule has 0 amide bonds. The molecule has 2 nitrogen and oxygen atoms in total. The lowest BCUT2D eigenvalue weighted by Crippen LogP contribution is -1.93. The van der Waals surface area contributed by atoms with Crippen LogP contribution < -0.4 is 5.32 Å². The molecule has 3 heteroatoms. The molecule has 2 aromatic rings. The van der Waals surface area contributed by atoms with E-state index in [0.717, 1.165) is 27.3 Å². The van der Waals surface area contributed by atoms with E-state index in [1.54, 1.807) is 0 Å². The number of halogens is 1. The number of pyridine rings is 1. The summed E-state index contributed by atoms with van der Waals surface area (Å²) in [5.74, 6) is 0.864. The molecule has 14 heavy (non-hydrogen) atoms. The summed E-state index contributed by atoms with van der Waals surface area (Å²) < 4.78 is 0. The second-order valence-corrected chi connectivity index (χ2v) is 3.60. The first kappa shape index (κ1) is 9.28. The Morgan fingerprint density at radius 2 is 1.93 bits per heavy atom. The van der Waals surface area contributed by atoms with Gasteiger partial charge in [-0.25, -0.2) is 4.98 Å². The number of hydrogen-bond acceptors (Lipinski definition) is 2. The van der Waals surface area contributed by atoms with Crippen molar-refractivity contribution in [2.75, 3.05) is 12.4 Å². The molecular formula is C11H11ClN2. The number of benzene rings is 1. The average Bonchev–Trinajstić information content (AvgIpc) is 2.23. The lowest BCUT2D eigenvalue weighted by atomic mass is 10.1. The van der Waals surface area contributed by atoms with Gasteiger partial charge >= 0.3 is 0 Å². The van der Waals surface area contributed by atoms with E-state index in [2.05, 4.69) is 10.3 Å². The minimum absolute atomic E-state index is 0.762. The van der Waals surface area contributed by atoms with E-state index < -0.39 is 0 Å². The molecule has 0 saturated carbocycles. The fourth-order valence-electron chi connectivity index (χ4n) is 1.45. The Hall–Kier alpha value is -1.28. The largest absolute Gasteiger partial charge is 0.373 e. The molecular weight excluding hydrogens is 196 g/mol. The van der Waals surface area contributed by atoms with Crippen molar-refractivity contribution in [1.29, 1.82) is 0 Å². The summed E-state index contributed by atoms with van der Waals surface area (Å²) in [7, 11) is 1.86. The Morgan fingerprint density at radius 3 is 2.64 bits per heavy atom. The SMILES string of the molecule is CNc1ccc2ccc(Cl)c(C)c2n1. The number of aryl methyl sites for hydroxylation is 1. The van der Waals surface area contributed by atoms with E-state index in [4.69, 9.17) is 11.6 Å². The molecule has 0 saturated heterocycles. The van der Waals surface area contributed by atoms with Gasteiger partial charge in [0.25, 0.3) is 0 Å². The summed E-state index contributed by atoms with van der Waals surface area (Å²) in [6.45, 7) is 1.98. The van der Waals surface area contributed by atoms with Gasteiger partial charge < -0.3 is 5.32 Å². The molecule has 1 N–H and O–H groups in total. The fourth-order valence-corrected chi connectivity index (χ4v) is 1.60. The van der Waals surface area contributed by atoms with Crippen LogP contribution >= 0.6 is 11.6 Å². The molecule has 0 aliphatic heterocycles. The number of anilines is 1. The first-order chi connectivity index (χ1) is 6.72. The van der Waals surface area contributed by atoms with E-state index in [9.17, 15) is 0 Å². The van der Waals surface area contributed by atoms with Crippen LogP contribution in [0.15, 0.2) is 24.3 Å². The highest BCUT2D eigenvalue weighted by Crippen LogP contribution is 2.24. The Bertz CT molecular complexity index is 480. The van der Waals surface area contributed by atoms with Gasteiger partial charge in [-0.05, 0) is 30.7 Å². The van der Waals surface area contributed by atoms with Gasteiger partial charge in [-0.1, -0.05) is 17.7 Å². The molecule has 0 bridgehead atoms. The zero-order valence-corrected chi connectivity index (χ0v) is 8.89. The molecule has 2 rings (SSSR count). The second kappa shape index (κ2) is 3.46. The zero-order chi connectivity index (χ0) is 10.1. The second-order valence-electron chi connectivity index (χ2n) is 3.19. The molecule has 1 heterocycles. The van der Waals surface area contributed by atoms with Gasteiger partial charge in [0.2, 0.25) is 0 Å². The van der Waals surface area contributed by atoms with Gasteiger partial charge in [0, 0.05) is 17.5 Å². The first-order valence-electron chi connectivity index (χ1n) is 4.46. The Labute approximate surface area is 87.9 Å². The third-order valence-corrected chi connectivity index (χ3v) is 2.71. The fraction of sp³-hybridized carbons (Fsp3) is 0.182. The summed E-state index contributed by atoms with van der Waals surface area (Å²) in [6.07, 6.45) is 0. The van der Waals surface area contributed by atoms with Crippen LogP contribution in [0.5, 0.6) is 0 Å². The van der Waals surface area contributed by atoms with Gasteiger partial charge in [0.15, 0.2) is 0 Å². The van der Waals surface area contributed by atoms with Crippen LogP contribution in [0.3, 0.4) is 0 Å². The molecule has 1 aromatic carbocycles. The standard InChI is InChI=1S/C11H11ClN2/c1-7-9(12)5-3-8-4-6-10(13-2)14-11(7)8/h3-6H,1-2H3,(H,13,14). The third-order valence-electron chi connectivity index (χ3n) is 2.31. The number of fused-ring (bicyclic) bond motifs is 1. The summed E-state index contributed by atoms with van der Waals surface area (Å²) in [4.78, 5) is 4.46. The predicted octanol–water partition coefficient (Wildman–Crippen LogP) is 3.24. The topological polar surface area (TPSA) is 24.9 Å². The van der Waals surface area contributed by atoms with Crippen molar-refractivity contribution in [3.05, 3.63) is 34.9 Å². The highest BCUT2D eigenvalue weighted by molar-refractivity contribution is 6.32. The highest BCUT2D eigenvalue weighted by atomic mass is 35.5. The van der Waals surface area contributed by atoms with Crippen molar-refractivity contribution in [1.82, 2.24) is 4.98 Å². The number of nitrogens with zero attached hydrogens (tertiary/aromatic N) is 1. The Morgan fingerprint density at radius 1 is 1.21 bits per heavy atom.